The van der Waals surface area contributed by atoms with Gasteiger partial charge >= 0.3 is 0 Å². The largest absolute Gasteiger partial charge is 0.496 e. The molecule has 0 aliphatic rings. The summed E-state index contributed by atoms with van der Waals surface area (Å²) in [4.78, 5) is 10.2. The third kappa shape index (κ3) is 2.23. The molecule has 0 fully saturated rings. The zero-order valence-corrected chi connectivity index (χ0v) is 8.48. The average Bonchev–Trinajstić information content (AvgIpc) is 2.18. The molecule has 15 heavy (non-hydrogen) atoms. The van der Waals surface area contributed by atoms with Crippen LogP contribution in [0.15, 0.2) is 12.1 Å². The maximum atomic E-state index is 10.6. The number of nitriles is 1. The Hall–Kier alpha value is -2.09. The minimum absolute atomic E-state index is 0.00791. The quantitative estimate of drug-likeness (QED) is 0.559. The minimum Gasteiger partial charge on any atom is -0.496 e. The highest BCUT2D eigenvalue weighted by Crippen LogP contribution is 2.28. The van der Waals surface area contributed by atoms with Crippen LogP contribution in [0.4, 0.5) is 5.69 Å². The number of methoxy groups -OCH3 is 1. The zero-order chi connectivity index (χ0) is 11.4. The van der Waals surface area contributed by atoms with Gasteiger partial charge in [0, 0.05) is 11.1 Å². The van der Waals surface area contributed by atoms with Gasteiger partial charge in [-0.05, 0) is 13.0 Å². The first-order valence-corrected chi connectivity index (χ1v) is 4.29. The number of hydrogen-bond donors (Lipinski definition) is 0. The number of hydrogen-bond acceptors (Lipinski definition) is 4. The summed E-state index contributed by atoms with van der Waals surface area (Å²) in [5.74, 6) is 0.383. The van der Waals surface area contributed by atoms with Crippen molar-refractivity contribution in [1.82, 2.24) is 0 Å². The fourth-order valence-corrected chi connectivity index (χ4v) is 1.35. The maximum absolute atomic E-state index is 10.6. The third-order valence-corrected chi connectivity index (χ3v) is 2.07. The van der Waals surface area contributed by atoms with Gasteiger partial charge in [-0.1, -0.05) is 0 Å². The third-order valence-electron chi connectivity index (χ3n) is 2.07. The van der Waals surface area contributed by atoms with E-state index in [0.29, 0.717) is 16.9 Å². The van der Waals surface area contributed by atoms with Crippen LogP contribution >= 0.6 is 0 Å². The van der Waals surface area contributed by atoms with E-state index in [1.807, 2.05) is 6.07 Å². The van der Waals surface area contributed by atoms with Crippen molar-refractivity contribution >= 4 is 5.69 Å². The minimum atomic E-state index is -0.464. The molecule has 0 N–H and O–H groups in total. The lowest BCUT2D eigenvalue weighted by Gasteiger charge is -2.06. The van der Waals surface area contributed by atoms with E-state index in [4.69, 9.17) is 10.00 Å². The Morgan fingerprint density at radius 3 is 2.73 bits per heavy atom. The molecule has 0 bridgehead atoms. The lowest BCUT2D eigenvalue weighted by molar-refractivity contribution is -0.385. The van der Waals surface area contributed by atoms with E-state index < -0.39 is 4.92 Å². The number of benzene rings is 1. The first kappa shape index (κ1) is 11.0. The molecule has 5 nitrogen and oxygen atoms in total. The maximum Gasteiger partial charge on any atom is 0.276 e. The Morgan fingerprint density at radius 2 is 2.27 bits per heavy atom. The molecule has 0 saturated heterocycles. The number of nitrogens with zero attached hydrogens (tertiary/aromatic N) is 2. The summed E-state index contributed by atoms with van der Waals surface area (Å²) in [6.45, 7) is 1.64. The first-order chi connectivity index (χ1) is 7.10. The van der Waals surface area contributed by atoms with Crippen LogP contribution in [0.1, 0.15) is 11.1 Å². The van der Waals surface area contributed by atoms with Gasteiger partial charge in [0.2, 0.25) is 0 Å². The summed E-state index contributed by atoms with van der Waals surface area (Å²) in [7, 11) is 1.43. The Kier molecular flexibility index (Phi) is 3.24. The van der Waals surface area contributed by atoms with Crippen LogP contribution in [0, 0.1) is 28.4 Å². The summed E-state index contributed by atoms with van der Waals surface area (Å²) < 4.78 is 4.99. The van der Waals surface area contributed by atoms with E-state index in [1.54, 1.807) is 13.0 Å². The second-order valence-electron chi connectivity index (χ2n) is 3.04. The van der Waals surface area contributed by atoms with Gasteiger partial charge in [0.1, 0.15) is 5.75 Å². The normalized spacial score (nSPS) is 9.40. The summed E-state index contributed by atoms with van der Waals surface area (Å²) >= 11 is 0. The SMILES string of the molecule is COc1cc([N+](=O)[O-])c(C)cc1CC#N. The Bertz CT molecular complexity index is 435. The van der Waals surface area contributed by atoms with Gasteiger partial charge in [-0.2, -0.15) is 5.26 Å². The number of aryl methyl sites for hydroxylation is 1. The molecule has 0 spiro atoms. The van der Waals surface area contributed by atoms with Crippen molar-refractivity contribution in [3.8, 4) is 11.8 Å². The lowest BCUT2D eigenvalue weighted by Crippen LogP contribution is -1.97. The summed E-state index contributed by atoms with van der Waals surface area (Å²) in [6.07, 6.45) is 0.183. The van der Waals surface area contributed by atoms with Crippen LogP contribution in [-0.4, -0.2) is 12.0 Å². The van der Waals surface area contributed by atoms with Crippen molar-refractivity contribution in [2.75, 3.05) is 7.11 Å². The molecule has 0 unspecified atom stereocenters. The second-order valence-corrected chi connectivity index (χ2v) is 3.04. The van der Waals surface area contributed by atoms with Gasteiger partial charge in [-0.15, -0.1) is 0 Å². The van der Waals surface area contributed by atoms with Crippen LogP contribution < -0.4 is 4.74 Å². The summed E-state index contributed by atoms with van der Waals surface area (Å²) in [6, 6.07) is 4.95. The molecule has 1 rings (SSSR count). The molecule has 1 aromatic rings. The number of nitro benzene ring substituents is 1. The monoisotopic (exact) mass is 206 g/mol. The van der Waals surface area contributed by atoms with E-state index in [0.717, 1.165) is 0 Å². The van der Waals surface area contributed by atoms with Crippen LogP contribution in [0.3, 0.4) is 0 Å². The van der Waals surface area contributed by atoms with E-state index in [2.05, 4.69) is 0 Å². The van der Waals surface area contributed by atoms with Gasteiger partial charge < -0.3 is 4.74 Å². The van der Waals surface area contributed by atoms with Crippen molar-refractivity contribution in [3.63, 3.8) is 0 Å². The van der Waals surface area contributed by atoms with Gasteiger partial charge in [0.25, 0.3) is 5.69 Å². The predicted molar refractivity (Wildman–Crippen MR) is 53.7 cm³/mol. The highest BCUT2D eigenvalue weighted by Gasteiger charge is 2.15. The zero-order valence-electron chi connectivity index (χ0n) is 8.48. The van der Waals surface area contributed by atoms with E-state index in [9.17, 15) is 10.1 Å². The summed E-state index contributed by atoms with van der Waals surface area (Å²) in [5.41, 5.74) is 1.21. The molecule has 0 heterocycles. The number of ether oxygens (including phenoxy) is 1. The Morgan fingerprint density at radius 1 is 1.60 bits per heavy atom. The van der Waals surface area contributed by atoms with Crippen LogP contribution in [0.5, 0.6) is 5.75 Å². The van der Waals surface area contributed by atoms with Gasteiger partial charge in [0.05, 0.1) is 30.6 Å². The first-order valence-electron chi connectivity index (χ1n) is 4.29. The standard InChI is InChI=1S/C10H10N2O3/c1-7-5-8(3-4-11)10(15-2)6-9(7)12(13)14/h5-6H,3H2,1-2H3. The molecule has 0 radical (unpaired) electrons. The number of nitro groups is 1. The fourth-order valence-electron chi connectivity index (χ4n) is 1.35. The number of rotatable bonds is 3. The van der Waals surface area contributed by atoms with Crippen molar-refractivity contribution in [2.45, 2.75) is 13.3 Å². The topological polar surface area (TPSA) is 76.2 Å². The molecule has 1 aromatic carbocycles. The second kappa shape index (κ2) is 4.42. The van der Waals surface area contributed by atoms with Crippen molar-refractivity contribution in [2.24, 2.45) is 0 Å². The van der Waals surface area contributed by atoms with E-state index in [1.165, 1.54) is 13.2 Å². The van der Waals surface area contributed by atoms with Crippen molar-refractivity contribution < 1.29 is 9.66 Å². The molecule has 0 saturated carbocycles. The lowest BCUT2D eigenvalue weighted by atomic mass is 10.1. The molecular formula is C10H10N2O3. The summed E-state index contributed by atoms with van der Waals surface area (Å²) in [5, 5.41) is 19.2. The molecule has 0 aliphatic carbocycles. The Labute approximate surface area is 87.1 Å². The average molecular weight is 206 g/mol. The Balaban J connectivity index is 3.30. The van der Waals surface area contributed by atoms with Gasteiger partial charge in [-0.3, -0.25) is 10.1 Å². The van der Waals surface area contributed by atoms with Crippen molar-refractivity contribution in [1.29, 1.82) is 5.26 Å². The van der Waals surface area contributed by atoms with E-state index >= 15 is 0 Å². The van der Waals surface area contributed by atoms with Gasteiger partial charge in [0.15, 0.2) is 0 Å². The molecule has 0 aromatic heterocycles. The fraction of sp³-hybridized carbons (Fsp3) is 0.300. The van der Waals surface area contributed by atoms with Crippen LogP contribution in [0.2, 0.25) is 0 Å². The van der Waals surface area contributed by atoms with Crippen LogP contribution in [-0.2, 0) is 6.42 Å². The molecule has 0 atom stereocenters. The van der Waals surface area contributed by atoms with Crippen molar-refractivity contribution in [3.05, 3.63) is 33.4 Å². The molecule has 0 amide bonds. The van der Waals surface area contributed by atoms with E-state index in [-0.39, 0.29) is 12.1 Å². The smallest absolute Gasteiger partial charge is 0.276 e. The highest BCUT2D eigenvalue weighted by atomic mass is 16.6. The molecule has 78 valence electrons. The van der Waals surface area contributed by atoms with Crippen LogP contribution in [0.25, 0.3) is 0 Å². The highest BCUT2D eigenvalue weighted by molar-refractivity contribution is 5.50. The van der Waals surface area contributed by atoms with Gasteiger partial charge in [-0.25, -0.2) is 0 Å². The predicted octanol–water partition coefficient (Wildman–Crippen LogP) is 1.98. The molecular weight excluding hydrogens is 196 g/mol. The molecule has 0 aliphatic heterocycles. The molecule has 5 heteroatoms.